The molecule has 1 aromatic rings. The van der Waals surface area contributed by atoms with Crippen LogP contribution in [0.4, 0.5) is 0 Å². The van der Waals surface area contributed by atoms with Crippen molar-refractivity contribution in [2.75, 3.05) is 39.3 Å². The molecule has 2 saturated heterocycles. The predicted octanol–water partition coefficient (Wildman–Crippen LogP) is 1.38. The Labute approximate surface area is 144 Å². The fraction of sp³-hybridized carbons (Fsp3) is 0.778. The van der Waals surface area contributed by atoms with Crippen molar-refractivity contribution in [3.63, 3.8) is 0 Å². The summed E-state index contributed by atoms with van der Waals surface area (Å²) in [5.74, 6) is 0.557. The summed E-state index contributed by atoms with van der Waals surface area (Å²) < 4.78 is 1.86. The summed E-state index contributed by atoms with van der Waals surface area (Å²) >= 11 is 0. The van der Waals surface area contributed by atoms with E-state index >= 15 is 0 Å². The van der Waals surface area contributed by atoms with E-state index in [1.54, 1.807) is 0 Å². The summed E-state index contributed by atoms with van der Waals surface area (Å²) in [4.78, 5) is 17.2. The molecule has 0 spiro atoms. The highest BCUT2D eigenvalue weighted by Crippen LogP contribution is 2.26. The van der Waals surface area contributed by atoms with Crippen LogP contribution in [-0.4, -0.2) is 69.9 Å². The Kier molecular flexibility index (Phi) is 5.56. The van der Waals surface area contributed by atoms with Gasteiger partial charge in [0.2, 0.25) is 0 Å². The van der Waals surface area contributed by atoms with Gasteiger partial charge in [-0.3, -0.25) is 9.48 Å². The number of hydrogen-bond donors (Lipinski definition) is 1. The first-order valence-electron chi connectivity index (χ1n) is 9.29. The monoisotopic (exact) mass is 334 g/mol. The summed E-state index contributed by atoms with van der Waals surface area (Å²) in [6.07, 6.45) is 3.87. The number of rotatable bonds is 5. The second kappa shape index (κ2) is 7.66. The molecule has 0 aromatic carbocycles. The molecule has 1 N–H and O–H groups in total. The zero-order valence-electron chi connectivity index (χ0n) is 14.9. The summed E-state index contributed by atoms with van der Waals surface area (Å²) in [5.41, 5.74) is 1.55. The second-order valence-electron chi connectivity index (χ2n) is 7.26. The maximum atomic E-state index is 12.8. The lowest BCUT2D eigenvalue weighted by Crippen LogP contribution is -2.37. The largest absolute Gasteiger partial charge is 0.396 e. The van der Waals surface area contributed by atoms with Gasteiger partial charge in [0.25, 0.3) is 5.91 Å². The van der Waals surface area contributed by atoms with Crippen LogP contribution in [-0.2, 0) is 6.54 Å². The Hall–Kier alpha value is -1.40. The summed E-state index contributed by atoms with van der Waals surface area (Å²) in [7, 11) is 0. The predicted molar refractivity (Wildman–Crippen MR) is 92.9 cm³/mol. The Morgan fingerprint density at radius 2 is 1.96 bits per heavy atom. The van der Waals surface area contributed by atoms with Crippen molar-refractivity contribution < 1.29 is 9.90 Å². The van der Waals surface area contributed by atoms with E-state index in [0.29, 0.717) is 18.2 Å². The maximum absolute atomic E-state index is 12.8. The molecule has 2 atom stereocenters. The van der Waals surface area contributed by atoms with Gasteiger partial charge in [-0.25, -0.2) is 0 Å². The third-order valence-electron chi connectivity index (χ3n) is 5.54. The van der Waals surface area contributed by atoms with Crippen molar-refractivity contribution >= 4 is 5.91 Å². The van der Waals surface area contributed by atoms with Crippen LogP contribution in [0.2, 0.25) is 0 Å². The zero-order valence-corrected chi connectivity index (χ0v) is 14.9. The Balaban J connectivity index is 1.64. The van der Waals surface area contributed by atoms with Crippen LogP contribution in [0.15, 0.2) is 6.07 Å². The van der Waals surface area contributed by atoms with E-state index in [0.717, 1.165) is 38.4 Å². The third kappa shape index (κ3) is 3.64. The summed E-state index contributed by atoms with van der Waals surface area (Å²) in [6, 6.07) is 1.87. The number of carbonyl (C=O) groups is 1. The molecule has 2 fully saturated rings. The quantitative estimate of drug-likeness (QED) is 0.884. The fourth-order valence-electron chi connectivity index (χ4n) is 4.09. The first kappa shape index (κ1) is 17.4. The Bertz CT molecular complexity index is 565. The Morgan fingerprint density at radius 3 is 2.58 bits per heavy atom. The number of likely N-dealkylation sites (tertiary alicyclic amines) is 2. The molecule has 6 nitrogen and oxygen atoms in total. The molecule has 0 saturated carbocycles. The van der Waals surface area contributed by atoms with Gasteiger partial charge < -0.3 is 14.9 Å². The summed E-state index contributed by atoms with van der Waals surface area (Å²) in [6.45, 7) is 9.63. The number of aryl methyl sites for hydroxylation is 2. The van der Waals surface area contributed by atoms with Crippen LogP contribution in [0.3, 0.4) is 0 Å². The van der Waals surface area contributed by atoms with Crippen LogP contribution >= 0.6 is 0 Å². The lowest BCUT2D eigenvalue weighted by atomic mass is 9.95. The minimum absolute atomic E-state index is 0.00453. The molecule has 24 heavy (non-hydrogen) atoms. The summed E-state index contributed by atoms with van der Waals surface area (Å²) in [5, 5.41) is 14.2. The van der Waals surface area contributed by atoms with Crippen molar-refractivity contribution in [1.29, 1.82) is 0 Å². The van der Waals surface area contributed by atoms with Crippen LogP contribution in [0.25, 0.3) is 0 Å². The first-order valence-corrected chi connectivity index (χ1v) is 9.29. The smallest absolute Gasteiger partial charge is 0.274 e. The van der Waals surface area contributed by atoms with Crippen molar-refractivity contribution in [2.24, 2.45) is 11.8 Å². The molecule has 134 valence electrons. The molecule has 1 amide bonds. The third-order valence-corrected chi connectivity index (χ3v) is 5.54. The molecule has 2 aliphatic rings. The minimum Gasteiger partial charge on any atom is -0.396 e. The molecule has 2 unspecified atom stereocenters. The van der Waals surface area contributed by atoms with Gasteiger partial charge in [0, 0.05) is 44.4 Å². The van der Waals surface area contributed by atoms with Crippen molar-refractivity contribution in [2.45, 2.75) is 39.7 Å². The molecule has 0 bridgehead atoms. The van der Waals surface area contributed by atoms with Crippen LogP contribution in [0.1, 0.15) is 42.4 Å². The fourth-order valence-corrected chi connectivity index (χ4v) is 4.09. The highest BCUT2D eigenvalue weighted by atomic mass is 16.3. The van der Waals surface area contributed by atoms with E-state index in [2.05, 4.69) is 10.00 Å². The van der Waals surface area contributed by atoms with Gasteiger partial charge in [-0.05, 0) is 51.8 Å². The van der Waals surface area contributed by atoms with Gasteiger partial charge in [-0.1, -0.05) is 6.42 Å². The molecule has 1 aromatic heterocycles. The number of carbonyl (C=O) groups excluding carboxylic acids is 1. The lowest BCUT2D eigenvalue weighted by Gasteiger charge is -2.30. The topological polar surface area (TPSA) is 61.6 Å². The average molecular weight is 334 g/mol. The molecule has 0 aliphatic carbocycles. The van der Waals surface area contributed by atoms with E-state index < -0.39 is 0 Å². The molecule has 2 aliphatic heterocycles. The van der Waals surface area contributed by atoms with Gasteiger partial charge in [0.05, 0.1) is 0 Å². The zero-order chi connectivity index (χ0) is 17.1. The van der Waals surface area contributed by atoms with Gasteiger partial charge in [-0.15, -0.1) is 0 Å². The highest BCUT2D eigenvalue weighted by molar-refractivity contribution is 5.92. The van der Waals surface area contributed by atoms with E-state index in [1.165, 1.54) is 19.3 Å². The number of aliphatic hydroxyl groups is 1. The number of aromatic nitrogens is 2. The highest BCUT2D eigenvalue weighted by Gasteiger charge is 2.36. The molecular weight excluding hydrogens is 304 g/mol. The number of piperidine rings is 1. The lowest BCUT2D eigenvalue weighted by molar-refractivity contribution is 0.0771. The van der Waals surface area contributed by atoms with E-state index in [9.17, 15) is 9.90 Å². The van der Waals surface area contributed by atoms with Gasteiger partial charge in [0.15, 0.2) is 5.69 Å². The van der Waals surface area contributed by atoms with Crippen molar-refractivity contribution in [3.05, 3.63) is 17.5 Å². The van der Waals surface area contributed by atoms with E-state index in [1.807, 2.05) is 29.5 Å². The minimum atomic E-state index is 0.00453. The van der Waals surface area contributed by atoms with Gasteiger partial charge >= 0.3 is 0 Å². The van der Waals surface area contributed by atoms with Crippen molar-refractivity contribution in [3.8, 4) is 0 Å². The number of amides is 1. The number of aliphatic hydroxyl groups excluding tert-OH is 1. The molecule has 3 heterocycles. The number of nitrogens with zero attached hydrogens (tertiary/aromatic N) is 4. The maximum Gasteiger partial charge on any atom is 0.274 e. The molecular formula is C18H30N4O2. The Morgan fingerprint density at radius 1 is 1.25 bits per heavy atom. The first-order chi connectivity index (χ1) is 11.6. The van der Waals surface area contributed by atoms with Gasteiger partial charge in [0.1, 0.15) is 0 Å². The van der Waals surface area contributed by atoms with E-state index in [4.69, 9.17) is 0 Å². The molecule has 3 rings (SSSR count). The van der Waals surface area contributed by atoms with Gasteiger partial charge in [-0.2, -0.15) is 5.10 Å². The SMILES string of the molecule is CCn1nc(C(=O)N2CC(CO)C(CN3CCCCC3)C2)cc1C. The molecule has 6 heteroatoms. The normalized spacial score (nSPS) is 25.4. The van der Waals surface area contributed by atoms with Crippen molar-refractivity contribution in [1.82, 2.24) is 19.6 Å². The second-order valence-corrected chi connectivity index (χ2v) is 7.26. The average Bonchev–Trinajstić information content (AvgIpc) is 3.18. The van der Waals surface area contributed by atoms with Crippen LogP contribution in [0.5, 0.6) is 0 Å². The number of hydrogen-bond acceptors (Lipinski definition) is 4. The molecule has 0 radical (unpaired) electrons. The van der Waals surface area contributed by atoms with Crippen LogP contribution in [0, 0.1) is 18.8 Å². The standard InChI is InChI=1S/C18H30N4O2/c1-3-22-14(2)9-17(19-22)18(24)21-11-15(16(12-21)13-23)10-20-7-5-4-6-8-20/h9,15-16,23H,3-8,10-13H2,1-2H3. The van der Waals surface area contributed by atoms with Crippen LogP contribution < -0.4 is 0 Å². The van der Waals surface area contributed by atoms with E-state index in [-0.39, 0.29) is 18.4 Å².